The van der Waals surface area contributed by atoms with Crippen molar-refractivity contribution >= 4 is 27.7 Å². The van der Waals surface area contributed by atoms with Crippen LogP contribution in [0.25, 0.3) is 6.08 Å². The Morgan fingerprint density at radius 1 is 1.00 bits per heavy atom. The van der Waals surface area contributed by atoms with E-state index in [4.69, 9.17) is 5.14 Å². The van der Waals surface area contributed by atoms with E-state index in [-0.39, 0.29) is 4.90 Å². The van der Waals surface area contributed by atoms with Crippen molar-refractivity contribution in [1.82, 2.24) is 0 Å². The van der Waals surface area contributed by atoms with Crippen LogP contribution < -0.4 is 10.5 Å². The number of amides is 1. The molecule has 0 bridgehead atoms. The molecule has 0 atom stereocenters. The predicted molar refractivity (Wildman–Crippen MR) is 86.9 cm³/mol. The molecule has 0 fully saturated rings. The average Bonchev–Trinajstić information content (AvgIpc) is 2.52. The maximum absolute atomic E-state index is 12.5. The maximum Gasteiger partial charge on any atom is 0.416 e. The number of hydrogen-bond donors (Lipinski definition) is 2. The Balaban J connectivity index is 2.01. The SMILES string of the molecule is NS(=O)(=O)c1ccc(NC(=O)/C=C/c2ccc(C(F)(F)F)cc2)cc1. The lowest BCUT2D eigenvalue weighted by atomic mass is 10.1. The van der Waals surface area contributed by atoms with E-state index in [1.165, 1.54) is 42.5 Å². The highest BCUT2D eigenvalue weighted by Crippen LogP contribution is 2.29. The summed E-state index contributed by atoms with van der Waals surface area (Å²) >= 11 is 0. The van der Waals surface area contributed by atoms with Crippen molar-refractivity contribution < 1.29 is 26.4 Å². The average molecular weight is 370 g/mol. The first-order chi connectivity index (χ1) is 11.6. The minimum atomic E-state index is -4.41. The van der Waals surface area contributed by atoms with E-state index < -0.39 is 27.7 Å². The number of nitrogens with one attached hydrogen (secondary N) is 1. The summed E-state index contributed by atoms with van der Waals surface area (Å²) in [5.74, 6) is -0.525. The first kappa shape index (κ1) is 18.7. The second kappa shape index (κ2) is 7.08. The molecule has 5 nitrogen and oxygen atoms in total. The van der Waals surface area contributed by atoms with Gasteiger partial charge < -0.3 is 5.32 Å². The van der Waals surface area contributed by atoms with E-state index in [1.54, 1.807) is 0 Å². The first-order valence-corrected chi connectivity index (χ1v) is 8.39. The van der Waals surface area contributed by atoms with Crippen LogP contribution >= 0.6 is 0 Å². The zero-order valence-corrected chi connectivity index (χ0v) is 13.4. The van der Waals surface area contributed by atoms with Crippen molar-refractivity contribution in [1.29, 1.82) is 0 Å². The number of anilines is 1. The van der Waals surface area contributed by atoms with Gasteiger partial charge in [-0.05, 0) is 48.0 Å². The van der Waals surface area contributed by atoms with E-state index in [1.807, 2.05) is 0 Å². The summed E-state index contributed by atoms with van der Waals surface area (Å²) in [4.78, 5) is 11.7. The van der Waals surface area contributed by atoms with Crippen LogP contribution in [0.15, 0.2) is 59.5 Å². The predicted octanol–water partition coefficient (Wildman–Crippen LogP) is 3.00. The monoisotopic (exact) mass is 370 g/mol. The number of halogens is 3. The highest BCUT2D eigenvalue weighted by atomic mass is 32.2. The lowest BCUT2D eigenvalue weighted by molar-refractivity contribution is -0.137. The molecule has 0 radical (unpaired) electrons. The van der Waals surface area contributed by atoms with E-state index in [0.717, 1.165) is 18.2 Å². The summed E-state index contributed by atoms with van der Waals surface area (Å²) in [5.41, 5.74) is -0.00811. The number of sulfonamides is 1. The number of primary sulfonamides is 1. The summed E-state index contributed by atoms with van der Waals surface area (Å²) < 4.78 is 59.6. The van der Waals surface area contributed by atoms with Crippen LogP contribution in [0, 0.1) is 0 Å². The molecule has 2 rings (SSSR count). The minimum absolute atomic E-state index is 0.0919. The van der Waals surface area contributed by atoms with Crippen LogP contribution in [0.4, 0.5) is 18.9 Å². The van der Waals surface area contributed by atoms with Gasteiger partial charge in [0.05, 0.1) is 10.5 Å². The van der Waals surface area contributed by atoms with Crippen molar-refractivity contribution in [2.45, 2.75) is 11.1 Å². The van der Waals surface area contributed by atoms with Crippen LogP contribution in [-0.4, -0.2) is 14.3 Å². The van der Waals surface area contributed by atoms with Crippen LogP contribution in [0.2, 0.25) is 0 Å². The summed E-state index contributed by atoms with van der Waals surface area (Å²) in [6, 6.07) is 9.54. The second-order valence-electron chi connectivity index (χ2n) is 5.01. The molecule has 0 saturated heterocycles. The zero-order valence-electron chi connectivity index (χ0n) is 12.6. The third-order valence-corrected chi connectivity index (χ3v) is 4.04. The third kappa shape index (κ3) is 5.44. The third-order valence-electron chi connectivity index (χ3n) is 3.12. The molecule has 0 heterocycles. The summed E-state index contributed by atoms with van der Waals surface area (Å²) in [7, 11) is -3.82. The van der Waals surface area contributed by atoms with Gasteiger partial charge in [0.15, 0.2) is 0 Å². The number of carbonyl (C=O) groups is 1. The fourth-order valence-corrected chi connectivity index (χ4v) is 2.38. The lowest BCUT2D eigenvalue weighted by Crippen LogP contribution is -2.12. The van der Waals surface area contributed by atoms with Gasteiger partial charge in [0, 0.05) is 11.8 Å². The van der Waals surface area contributed by atoms with Gasteiger partial charge in [-0.25, -0.2) is 13.6 Å². The molecule has 0 unspecified atom stereocenters. The number of hydrogen-bond acceptors (Lipinski definition) is 3. The van der Waals surface area contributed by atoms with Gasteiger partial charge in [-0.15, -0.1) is 0 Å². The van der Waals surface area contributed by atoms with Gasteiger partial charge in [0.1, 0.15) is 0 Å². The normalized spacial score (nSPS) is 12.3. The minimum Gasteiger partial charge on any atom is -0.323 e. The Morgan fingerprint density at radius 2 is 1.56 bits per heavy atom. The molecular weight excluding hydrogens is 357 g/mol. The molecular formula is C16H13F3N2O3S. The van der Waals surface area contributed by atoms with Crippen LogP contribution in [0.3, 0.4) is 0 Å². The van der Waals surface area contributed by atoms with E-state index in [0.29, 0.717) is 11.3 Å². The van der Waals surface area contributed by atoms with Gasteiger partial charge >= 0.3 is 6.18 Å². The largest absolute Gasteiger partial charge is 0.416 e. The molecule has 9 heteroatoms. The smallest absolute Gasteiger partial charge is 0.323 e. The molecule has 2 aromatic carbocycles. The van der Waals surface area contributed by atoms with Crippen molar-refractivity contribution in [3.8, 4) is 0 Å². The molecule has 0 spiro atoms. The Hall–Kier alpha value is -2.65. The zero-order chi connectivity index (χ0) is 18.7. The maximum atomic E-state index is 12.5. The number of nitrogens with two attached hydrogens (primary N) is 1. The van der Waals surface area contributed by atoms with Crippen molar-refractivity contribution in [3.05, 3.63) is 65.7 Å². The van der Waals surface area contributed by atoms with E-state index >= 15 is 0 Å². The number of carbonyl (C=O) groups excluding carboxylic acids is 1. The highest BCUT2D eigenvalue weighted by molar-refractivity contribution is 7.89. The topological polar surface area (TPSA) is 89.3 Å². The quantitative estimate of drug-likeness (QED) is 0.811. The van der Waals surface area contributed by atoms with Crippen LogP contribution in [0.1, 0.15) is 11.1 Å². The van der Waals surface area contributed by atoms with Gasteiger partial charge in [0.2, 0.25) is 15.9 Å². The molecule has 25 heavy (non-hydrogen) atoms. The Bertz CT molecular complexity index is 888. The van der Waals surface area contributed by atoms with Crippen molar-refractivity contribution in [3.63, 3.8) is 0 Å². The molecule has 1 amide bonds. The van der Waals surface area contributed by atoms with Gasteiger partial charge in [0.25, 0.3) is 0 Å². The molecule has 0 aromatic heterocycles. The fraction of sp³-hybridized carbons (Fsp3) is 0.0625. The first-order valence-electron chi connectivity index (χ1n) is 6.85. The van der Waals surface area contributed by atoms with Crippen molar-refractivity contribution in [2.75, 3.05) is 5.32 Å². The van der Waals surface area contributed by atoms with Crippen molar-refractivity contribution in [2.24, 2.45) is 5.14 Å². The number of benzene rings is 2. The fourth-order valence-electron chi connectivity index (χ4n) is 1.87. The molecule has 0 aliphatic heterocycles. The molecule has 3 N–H and O–H groups in total. The summed E-state index contributed by atoms with van der Waals surface area (Å²) in [5, 5.41) is 7.45. The molecule has 132 valence electrons. The molecule has 0 aliphatic rings. The lowest BCUT2D eigenvalue weighted by Gasteiger charge is -2.06. The summed E-state index contributed by atoms with van der Waals surface area (Å²) in [6.07, 6.45) is -1.91. The standard InChI is InChI=1S/C16H13F3N2O3S/c17-16(18,19)12-4-1-11(2-5-12)3-10-15(22)21-13-6-8-14(9-7-13)25(20,23)24/h1-10H,(H,21,22)(H2,20,23,24)/b10-3+. The number of alkyl halides is 3. The van der Waals surface area contributed by atoms with E-state index in [9.17, 15) is 26.4 Å². The van der Waals surface area contributed by atoms with Crippen LogP contribution in [-0.2, 0) is 21.0 Å². The van der Waals surface area contributed by atoms with Gasteiger partial charge in [-0.2, -0.15) is 13.2 Å². The highest BCUT2D eigenvalue weighted by Gasteiger charge is 2.29. The Kier molecular flexibility index (Phi) is 5.29. The van der Waals surface area contributed by atoms with Gasteiger partial charge in [-0.3, -0.25) is 4.79 Å². The van der Waals surface area contributed by atoms with E-state index in [2.05, 4.69) is 5.32 Å². The second-order valence-corrected chi connectivity index (χ2v) is 6.57. The Morgan fingerprint density at radius 3 is 2.04 bits per heavy atom. The summed E-state index contributed by atoms with van der Waals surface area (Å²) in [6.45, 7) is 0. The molecule has 0 saturated carbocycles. The Labute approximate surface area is 142 Å². The molecule has 2 aromatic rings. The molecule has 0 aliphatic carbocycles. The van der Waals surface area contributed by atoms with Crippen LogP contribution in [0.5, 0.6) is 0 Å². The number of rotatable bonds is 4. The van der Waals surface area contributed by atoms with Gasteiger partial charge in [-0.1, -0.05) is 12.1 Å².